The lowest BCUT2D eigenvalue weighted by atomic mass is 10.00. The van der Waals surface area contributed by atoms with Crippen LogP contribution in [0.3, 0.4) is 0 Å². The van der Waals surface area contributed by atoms with E-state index in [2.05, 4.69) is 68.3 Å². The summed E-state index contributed by atoms with van der Waals surface area (Å²) in [7, 11) is 0. The third-order valence-electron chi connectivity index (χ3n) is 9.55. The number of ether oxygens (including phenoxy) is 6. The summed E-state index contributed by atoms with van der Waals surface area (Å²) in [4.78, 5) is 25.0. The number of rotatable bonds is 22. The third-order valence-corrected chi connectivity index (χ3v) is 10.8. The van der Waals surface area contributed by atoms with Crippen molar-refractivity contribution < 1.29 is 38.0 Å². The first-order chi connectivity index (χ1) is 27.4. The number of fused-ring (bicyclic) bond motifs is 3. The predicted molar refractivity (Wildman–Crippen MR) is 231 cm³/mol. The summed E-state index contributed by atoms with van der Waals surface area (Å²) in [6.45, 7) is 13.2. The number of carbonyl (C=O) groups excluding carboxylic acids is 2. The van der Waals surface area contributed by atoms with Gasteiger partial charge in [-0.05, 0) is 174 Å². The molecule has 0 saturated carbocycles. The zero-order valence-electron chi connectivity index (χ0n) is 34.0. The van der Waals surface area contributed by atoms with E-state index < -0.39 is 12.2 Å². The number of halogens is 2. The highest BCUT2D eigenvalue weighted by atomic mass is 79.9. The Morgan fingerprint density at radius 1 is 0.579 bits per heavy atom. The molecule has 0 fully saturated rings. The van der Waals surface area contributed by atoms with E-state index in [4.69, 9.17) is 28.4 Å². The molecule has 0 aliphatic heterocycles. The molecule has 0 amide bonds. The van der Waals surface area contributed by atoms with Crippen LogP contribution in [0.4, 0.5) is 0 Å². The second-order valence-electron chi connectivity index (χ2n) is 14.9. The van der Waals surface area contributed by atoms with Crippen molar-refractivity contribution in [2.24, 2.45) is 0 Å². The van der Waals surface area contributed by atoms with Gasteiger partial charge < -0.3 is 28.4 Å². The maximum atomic E-state index is 12.5. The second-order valence-corrected chi connectivity index (χ2v) is 16.6. The highest BCUT2D eigenvalue weighted by molar-refractivity contribution is 9.11. The molecule has 0 heterocycles. The summed E-state index contributed by atoms with van der Waals surface area (Å²) < 4.78 is 36.1. The highest BCUT2D eigenvalue weighted by Crippen LogP contribution is 2.38. The molecular weight excluding hydrogens is 852 g/mol. The van der Waals surface area contributed by atoms with Gasteiger partial charge in [-0.1, -0.05) is 48.5 Å². The molecule has 1 unspecified atom stereocenters. The van der Waals surface area contributed by atoms with Gasteiger partial charge in [-0.15, -0.1) is 0 Å². The fourth-order valence-corrected chi connectivity index (χ4v) is 8.07. The number of esters is 2. The monoisotopic (exact) mass is 906 g/mol. The van der Waals surface area contributed by atoms with Gasteiger partial charge in [0.05, 0.1) is 34.4 Å². The fraction of sp³-hybridized carbons (Fsp3) is 0.447. The highest BCUT2D eigenvalue weighted by Gasteiger charge is 2.24. The third kappa shape index (κ3) is 13.2. The molecule has 1 aliphatic carbocycles. The Morgan fingerprint density at radius 3 is 1.35 bits per heavy atom. The second kappa shape index (κ2) is 21.9. The largest absolute Gasteiger partial charge is 0.492 e. The van der Waals surface area contributed by atoms with E-state index >= 15 is 0 Å². The van der Waals surface area contributed by atoms with Gasteiger partial charge >= 0.3 is 11.9 Å². The minimum atomic E-state index is -0.638. The average molecular weight is 909 g/mol. The van der Waals surface area contributed by atoms with E-state index in [0.717, 1.165) is 63.7 Å². The van der Waals surface area contributed by atoms with Gasteiger partial charge in [0.1, 0.15) is 11.5 Å². The molecule has 4 aromatic rings. The smallest absolute Gasteiger partial charge is 0.335 e. The van der Waals surface area contributed by atoms with Gasteiger partial charge in [0.15, 0.2) is 12.2 Å². The van der Waals surface area contributed by atoms with Gasteiger partial charge in [-0.3, -0.25) is 0 Å². The van der Waals surface area contributed by atoms with Crippen LogP contribution in [-0.4, -0.2) is 62.8 Å². The van der Waals surface area contributed by atoms with Crippen molar-refractivity contribution in [3.8, 4) is 22.6 Å². The number of hydrogen-bond acceptors (Lipinski definition) is 8. The standard InChI is InChI=1S/C47H56Br2O8/c1-7-52-44(46(50)56-30(3)4)27-34-15-19-42(40(48)25-34)54-21-9-11-32-13-17-38-36(23-32)29-37-24-33(14-18-39(37)38)12-10-22-55-43-20-16-35(26-41(43)49)28-45(53-8-2)47(51)57-31(5)6/h13-20,23-26,30-31,44-45H,7-12,21-22,27-29H2,1-6H3/t44-,45?/m0/s1. The minimum Gasteiger partial charge on any atom is -0.492 e. The lowest BCUT2D eigenvalue weighted by molar-refractivity contribution is -0.161. The molecule has 2 atom stereocenters. The first kappa shape index (κ1) is 44.4. The van der Waals surface area contributed by atoms with Crippen LogP contribution in [0.2, 0.25) is 0 Å². The van der Waals surface area contributed by atoms with Crippen LogP contribution in [0.25, 0.3) is 11.1 Å². The van der Waals surface area contributed by atoms with E-state index in [-0.39, 0.29) is 24.1 Å². The molecule has 8 nitrogen and oxygen atoms in total. The Morgan fingerprint density at radius 2 is 0.982 bits per heavy atom. The van der Waals surface area contributed by atoms with Crippen LogP contribution < -0.4 is 9.47 Å². The molecule has 0 aromatic heterocycles. The summed E-state index contributed by atoms with van der Waals surface area (Å²) in [6, 6.07) is 25.5. The SMILES string of the molecule is CCOC(Cc1ccc(OCCCc2ccc3c(c2)Cc2cc(CCCOc4ccc(C[C@H](OCC)C(=O)OC(C)C)cc4Br)ccc2-3)c(Br)c1)C(=O)OC(C)C. The van der Waals surface area contributed by atoms with Crippen molar-refractivity contribution in [1.29, 1.82) is 0 Å². The summed E-state index contributed by atoms with van der Waals surface area (Å²) >= 11 is 7.30. The van der Waals surface area contributed by atoms with Gasteiger partial charge in [0, 0.05) is 26.1 Å². The van der Waals surface area contributed by atoms with Crippen molar-refractivity contribution in [3.05, 3.63) is 115 Å². The van der Waals surface area contributed by atoms with Gasteiger partial charge in [0.25, 0.3) is 0 Å². The average Bonchev–Trinajstić information content (AvgIpc) is 3.52. The Kier molecular flexibility index (Phi) is 17.1. The predicted octanol–water partition coefficient (Wildman–Crippen LogP) is 10.6. The summed E-state index contributed by atoms with van der Waals surface area (Å²) in [6.07, 6.45) is 3.80. The molecule has 0 bridgehead atoms. The molecule has 5 rings (SSSR count). The van der Waals surface area contributed by atoms with Gasteiger partial charge in [0.2, 0.25) is 0 Å². The van der Waals surface area contributed by atoms with E-state index in [9.17, 15) is 9.59 Å². The molecule has 0 N–H and O–H groups in total. The molecule has 4 aromatic carbocycles. The van der Waals surface area contributed by atoms with Crippen LogP contribution in [0.15, 0.2) is 81.7 Å². The Balaban J connectivity index is 1.05. The first-order valence-electron chi connectivity index (χ1n) is 20.1. The van der Waals surface area contributed by atoms with Gasteiger partial charge in [-0.25, -0.2) is 9.59 Å². The molecule has 0 spiro atoms. The van der Waals surface area contributed by atoms with E-state index in [1.807, 2.05) is 77.9 Å². The maximum absolute atomic E-state index is 12.5. The Hall–Kier alpha value is -3.70. The number of aryl methyl sites for hydroxylation is 2. The molecular formula is C47H56Br2O8. The maximum Gasteiger partial charge on any atom is 0.335 e. The first-order valence-corrected chi connectivity index (χ1v) is 21.7. The van der Waals surface area contributed by atoms with E-state index in [0.29, 0.717) is 39.3 Å². The zero-order valence-corrected chi connectivity index (χ0v) is 37.2. The van der Waals surface area contributed by atoms with Crippen molar-refractivity contribution in [3.63, 3.8) is 0 Å². The molecule has 0 radical (unpaired) electrons. The van der Waals surface area contributed by atoms with Crippen LogP contribution in [0.1, 0.15) is 87.8 Å². The number of hydrogen-bond donors (Lipinski definition) is 0. The van der Waals surface area contributed by atoms with Crippen molar-refractivity contribution >= 4 is 43.8 Å². The summed E-state index contributed by atoms with van der Waals surface area (Å²) in [5.41, 5.74) is 9.97. The van der Waals surface area contributed by atoms with E-state index in [1.54, 1.807) is 0 Å². The van der Waals surface area contributed by atoms with Crippen LogP contribution in [-0.2, 0) is 60.6 Å². The molecule has 0 saturated heterocycles. The van der Waals surface area contributed by atoms with Gasteiger partial charge in [-0.2, -0.15) is 0 Å². The lowest BCUT2D eigenvalue weighted by Gasteiger charge is -2.18. The number of carbonyl (C=O) groups is 2. The van der Waals surface area contributed by atoms with Crippen molar-refractivity contribution in [2.75, 3.05) is 26.4 Å². The summed E-state index contributed by atoms with van der Waals surface area (Å²) in [5, 5.41) is 0. The fourth-order valence-electron chi connectivity index (χ4n) is 6.99. The lowest BCUT2D eigenvalue weighted by Crippen LogP contribution is -2.30. The van der Waals surface area contributed by atoms with E-state index in [1.165, 1.54) is 33.4 Å². The normalized spacial score (nSPS) is 12.9. The molecule has 306 valence electrons. The molecule has 57 heavy (non-hydrogen) atoms. The summed E-state index contributed by atoms with van der Waals surface area (Å²) in [5.74, 6) is 0.876. The van der Waals surface area contributed by atoms with Crippen molar-refractivity contribution in [1.82, 2.24) is 0 Å². The Bertz CT molecular complexity index is 1820. The molecule has 1 aliphatic rings. The Labute approximate surface area is 355 Å². The quantitative estimate of drug-likeness (QED) is 0.0501. The van der Waals surface area contributed by atoms with Crippen LogP contribution in [0, 0.1) is 0 Å². The molecule has 10 heteroatoms. The number of benzene rings is 4. The van der Waals surface area contributed by atoms with Crippen LogP contribution in [0.5, 0.6) is 11.5 Å². The van der Waals surface area contributed by atoms with Crippen LogP contribution >= 0.6 is 31.9 Å². The van der Waals surface area contributed by atoms with Crippen molar-refractivity contribution in [2.45, 2.75) is 111 Å². The minimum absolute atomic E-state index is 0.188. The zero-order chi connectivity index (χ0) is 40.9. The topological polar surface area (TPSA) is 89.5 Å².